The molecule has 1 aliphatic rings. The molecule has 1 N–H and O–H groups in total. The lowest BCUT2D eigenvalue weighted by atomic mass is 9.94. The van der Waals surface area contributed by atoms with E-state index in [0.717, 1.165) is 16.9 Å². The minimum absolute atomic E-state index is 0.276. The molecule has 1 aromatic heterocycles. The van der Waals surface area contributed by atoms with Crippen molar-refractivity contribution in [2.24, 2.45) is 0 Å². The Kier molecular flexibility index (Phi) is 6.49. The summed E-state index contributed by atoms with van der Waals surface area (Å²) in [6, 6.07) is 22.3. The van der Waals surface area contributed by atoms with Gasteiger partial charge < -0.3 is 14.6 Å². The number of aromatic nitrogens is 2. The second kappa shape index (κ2) is 10.0. The number of carbonyl (C=O) groups is 1. The molecular formula is C28H25FN4O3. The SMILES string of the molecule is CCOc1ccc(CN2C(=O)NC(c3ccc(F)cc3)C(c3nc(-c4ccccc4)no3)=C2C)cc1. The fourth-order valence-corrected chi connectivity index (χ4v) is 4.23. The molecule has 1 atom stereocenters. The first-order chi connectivity index (χ1) is 17.5. The molecule has 7 nitrogen and oxygen atoms in total. The average Bonchev–Trinajstić information content (AvgIpc) is 3.38. The molecule has 8 heteroatoms. The van der Waals surface area contributed by atoms with Crippen molar-refractivity contribution in [3.8, 4) is 17.1 Å². The Hall–Kier alpha value is -4.46. The molecule has 0 bridgehead atoms. The number of hydrogen-bond donors (Lipinski definition) is 1. The number of hydrogen-bond acceptors (Lipinski definition) is 5. The quantitative estimate of drug-likeness (QED) is 0.349. The molecular weight excluding hydrogens is 459 g/mol. The van der Waals surface area contributed by atoms with E-state index in [0.29, 0.717) is 35.8 Å². The van der Waals surface area contributed by atoms with E-state index in [9.17, 15) is 9.18 Å². The third-order valence-electron chi connectivity index (χ3n) is 6.06. The summed E-state index contributed by atoms with van der Waals surface area (Å²) in [6.45, 7) is 4.70. The van der Waals surface area contributed by atoms with Crippen LogP contribution in [0.25, 0.3) is 17.0 Å². The van der Waals surface area contributed by atoms with Gasteiger partial charge in [-0.2, -0.15) is 4.98 Å². The van der Waals surface area contributed by atoms with Crippen LogP contribution in [0.15, 0.2) is 89.1 Å². The van der Waals surface area contributed by atoms with Crippen molar-refractivity contribution in [2.75, 3.05) is 6.61 Å². The molecule has 182 valence electrons. The smallest absolute Gasteiger partial charge is 0.322 e. The minimum atomic E-state index is -0.584. The number of nitrogens with zero attached hydrogens (tertiary/aromatic N) is 3. The molecule has 1 unspecified atom stereocenters. The van der Waals surface area contributed by atoms with Gasteiger partial charge in [0, 0.05) is 11.3 Å². The number of urea groups is 1. The fraction of sp³-hybridized carbons (Fsp3) is 0.179. The summed E-state index contributed by atoms with van der Waals surface area (Å²) in [5.74, 6) is 1.15. The summed E-state index contributed by atoms with van der Waals surface area (Å²) < 4.78 is 24.9. The monoisotopic (exact) mass is 484 g/mol. The highest BCUT2D eigenvalue weighted by Gasteiger charge is 2.35. The molecule has 0 fully saturated rings. The van der Waals surface area contributed by atoms with Crippen molar-refractivity contribution >= 4 is 11.6 Å². The van der Waals surface area contributed by atoms with Gasteiger partial charge in [0.05, 0.1) is 24.8 Å². The predicted octanol–water partition coefficient (Wildman–Crippen LogP) is 5.97. The Balaban J connectivity index is 1.55. The predicted molar refractivity (Wildman–Crippen MR) is 133 cm³/mol. The Labute approximate surface area is 208 Å². The van der Waals surface area contributed by atoms with Crippen LogP contribution in [0.2, 0.25) is 0 Å². The third kappa shape index (κ3) is 4.70. The van der Waals surface area contributed by atoms with Crippen LogP contribution in [0, 0.1) is 5.82 Å². The summed E-state index contributed by atoms with van der Waals surface area (Å²) in [6.07, 6.45) is 0. The number of ether oxygens (including phenoxy) is 1. The van der Waals surface area contributed by atoms with Crippen molar-refractivity contribution in [1.29, 1.82) is 0 Å². The van der Waals surface area contributed by atoms with Crippen LogP contribution in [-0.4, -0.2) is 27.7 Å². The van der Waals surface area contributed by atoms with E-state index in [1.165, 1.54) is 12.1 Å². The number of amides is 2. The van der Waals surface area contributed by atoms with Crippen LogP contribution in [-0.2, 0) is 6.54 Å². The third-order valence-corrected chi connectivity index (χ3v) is 6.06. The van der Waals surface area contributed by atoms with Gasteiger partial charge in [0.2, 0.25) is 5.82 Å². The van der Waals surface area contributed by atoms with E-state index in [2.05, 4.69) is 15.5 Å². The van der Waals surface area contributed by atoms with Crippen molar-refractivity contribution in [1.82, 2.24) is 20.4 Å². The maximum atomic E-state index is 13.6. The topological polar surface area (TPSA) is 80.5 Å². The van der Waals surface area contributed by atoms with Crippen LogP contribution >= 0.6 is 0 Å². The van der Waals surface area contributed by atoms with E-state index in [1.54, 1.807) is 17.0 Å². The molecule has 2 heterocycles. The van der Waals surface area contributed by atoms with E-state index in [4.69, 9.17) is 9.26 Å². The first-order valence-electron chi connectivity index (χ1n) is 11.7. The molecule has 4 aromatic rings. The van der Waals surface area contributed by atoms with Gasteiger partial charge >= 0.3 is 6.03 Å². The molecule has 0 aliphatic carbocycles. The van der Waals surface area contributed by atoms with Crippen molar-refractivity contribution in [3.05, 3.63) is 107 Å². The molecule has 2 amide bonds. The zero-order valence-corrected chi connectivity index (χ0v) is 19.9. The molecule has 36 heavy (non-hydrogen) atoms. The van der Waals surface area contributed by atoms with Crippen LogP contribution in [0.1, 0.15) is 36.9 Å². The molecule has 5 rings (SSSR count). The Morgan fingerprint density at radius 1 is 1.03 bits per heavy atom. The second-order valence-electron chi connectivity index (χ2n) is 8.39. The number of benzene rings is 3. The van der Waals surface area contributed by atoms with E-state index in [1.807, 2.05) is 68.4 Å². The maximum Gasteiger partial charge on any atom is 0.322 e. The molecule has 3 aromatic carbocycles. The van der Waals surface area contributed by atoms with E-state index >= 15 is 0 Å². The van der Waals surface area contributed by atoms with Crippen LogP contribution in [0.4, 0.5) is 9.18 Å². The maximum absolute atomic E-state index is 13.6. The number of rotatable bonds is 7. The van der Waals surface area contributed by atoms with Gasteiger partial charge in [-0.15, -0.1) is 0 Å². The Morgan fingerprint density at radius 3 is 2.44 bits per heavy atom. The first kappa shape index (κ1) is 23.3. The number of allylic oxidation sites excluding steroid dienone is 1. The zero-order valence-electron chi connectivity index (χ0n) is 19.9. The average molecular weight is 485 g/mol. The highest BCUT2D eigenvalue weighted by atomic mass is 19.1. The molecule has 0 radical (unpaired) electrons. The highest BCUT2D eigenvalue weighted by molar-refractivity contribution is 5.86. The normalized spacial score (nSPS) is 15.7. The first-order valence-corrected chi connectivity index (χ1v) is 11.7. The van der Waals surface area contributed by atoms with Gasteiger partial charge in [-0.25, -0.2) is 9.18 Å². The van der Waals surface area contributed by atoms with Gasteiger partial charge in [-0.05, 0) is 49.2 Å². The number of carbonyl (C=O) groups excluding carboxylic acids is 1. The Bertz CT molecular complexity index is 1380. The van der Waals surface area contributed by atoms with Crippen LogP contribution < -0.4 is 10.1 Å². The number of nitrogens with one attached hydrogen (secondary N) is 1. The van der Waals surface area contributed by atoms with Gasteiger partial charge in [0.1, 0.15) is 11.6 Å². The highest BCUT2D eigenvalue weighted by Crippen LogP contribution is 2.38. The lowest BCUT2D eigenvalue weighted by Gasteiger charge is -2.35. The summed E-state index contributed by atoms with van der Waals surface area (Å²) in [4.78, 5) is 19.5. The van der Waals surface area contributed by atoms with Crippen LogP contribution in [0.5, 0.6) is 5.75 Å². The van der Waals surface area contributed by atoms with Crippen LogP contribution in [0.3, 0.4) is 0 Å². The lowest BCUT2D eigenvalue weighted by molar-refractivity contribution is 0.203. The summed E-state index contributed by atoms with van der Waals surface area (Å²) in [5.41, 5.74) is 3.78. The molecule has 1 aliphatic heterocycles. The van der Waals surface area contributed by atoms with Gasteiger partial charge in [-0.1, -0.05) is 59.8 Å². The standard InChI is InChI=1S/C28H25FN4O3/c1-3-35-23-15-9-19(10-16-23)17-33-18(2)24(25(30-28(33)34)20-11-13-22(29)14-12-20)27-31-26(32-36-27)21-7-5-4-6-8-21/h4-16,25H,3,17H2,1-2H3,(H,30,34). The Morgan fingerprint density at radius 2 is 1.75 bits per heavy atom. The fourth-order valence-electron chi connectivity index (χ4n) is 4.23. The largest absolute Gasteiger partial charge is 0.494 e. The van der Waals surface area contributed by atoms with Crippen molar-refractivity contribution in [3.63, 3.8) is 0 Å². The summed E-state index contributed by atoms with van der Waals surface area (Å²) in [7, 11) is 0. The van der Waals surface area contributed by atoms with Crippen molar-refractivity contribution < 1.29 is 18.4 Å². The lowest BCUT2D eigenvalue weighted by Crippen LogP contribution is -2.45. The molecule has 0 spiro atoms. The van der Waals surface area contributed by atoms with E-state index in [-0.39, 0.29) is 17.7 Å². The van der Waals surface area contributed by atoms with Gasteiger partial charge in [-0.3, -0.25) is 4.90 Å². The number of halogens is 1. The second-order valence-corrected chi connectivity index (χ2v) is 8.39. The zero-order chi connectivity index (χ0) is 25.1. The summed E-state index contributed by atoms with van der Waals surface area (Å²) in [5, 5.41) is 7.20. The van der Waals surface area contributed by atoms with Gasteiger partial charge in [0.15, 0.2) is 0 Å². The molecule has 0 saturated heterocycles. The van der Waals surface area contributed by atoms with Gasteiger partial charge in [0.25, 0.3) is 5.89 Å². The molecule has 0 saturated carbocycles. The van der Waals surface area contributed by atoms with Crippen molar-refractivity contribution in [2.45, 2.75) is 26.4 Å². The van der Waals surface area contributed by atoms with E-state index < -0.39 is 6.04 Å². The minimum Gasteiger partial charge on any atom is -0.494 e. The summed E-state index contributed by atoms with van der Waals surface area (Å²) >= 11 is 0.